The third-order valence-electron chi connectivity index (χ3n) is 4.34. The fourth-order valence-corrected chi connectivity index (χ4v) is 3.07. The van der Waals surface area contributed by atoms with Crippen molar-refractivity contribution in [3.05, 3.63) is 34.9 Å². The third-order valence-corrected chi connectivity index (χ3v) is 4.34. The maximum Gasteiger partial charge on any atom is 0.0871 e. The van der Waals surface area contributed by atoms with Gasteiger partial charge in [-0.3, -0.25) is 0 Å². The van der Waals surface area contributed by atoms with E-state index in [4.69, 9.17) is 4.74 Å². The Hall–Kier alpha value is -0.860. The quantitative estimate of drug-likeness (QED) is 0.896. The molecule has 0 radical (unpaired) electrons. The first-order valence-electron chi connectivity index (χ1n) is 7.37. The van der Waals surface area contributed by atoms with Crippen LogP contribution in [0.3, 0.4) is 0 Å². The van der Waals surface area contributed by atoms with E-state index >= 15 is 0 Å². The van der Waals surface area contributed by atoms with E-state index in [1.165, 1.54) is 11.1 Å². The molecule has 1 atom stereocenters. The molecule has 0 aliphatic carbocycles. The minimum Gasteiger partial charge on any atom is -0.385 e. The lowest BCUT2D eigenvalue weighted by molar-refractivity contribution is 0.0226. The molecule has 1 unspecified atom stereocenters. The summed E-state index contributed by atoms with van der Waals surface area (Å²) in [4.78, 5) is 0. The van der Waals surface area contributed by atoms with Crippen molar-refractivity contribution < 1.29 is 9.84 Å². The van der Waals surface area contributed by atoms with E-state index in [1.807, 2.05) is 6.92 Å². The molecule has 0 saturated carbocycles. The molecular formula is C17H26O2. The van der Waals surface area contributed by atoms with Gasteiger partial charge in [0.1, 0.15) is 0 Å². The van der Waals surface area contributed by atoms with Crippen LogP contribution in [-0.4, -0.2) is 18.3 Å². The first-order valence-corrected chi connectivity index (χ1v) is 7.37. The van der Waals surface area contributed by atoms with Gasteiger partial charge in [-0.25, -0.2) is 0 Å². The van der Waals surface area contributed by atoms with Crippen LogP contribution < -0.4 is 0 Å². The van der Waals surface area contributed by atoms with Gasteiger partial charge in [0, 0.05) is 13.2 Å². The SMILES string of the molecule is Cc1ccc(C(C)(O)CCC2CCOCC2)c(C)c1. The average Bonchev–Trinajstić information content (AvgIpc) is 2.37. The first kappa shape index (κ1) is 14.5. The average molecular weight is 262 g/mol. The predicted octanol–water partition coefficient (Wildman–Crippen LogP) is 3.72. The Kier molecular flexibility index (Phi) is 4.64. The van der Waals surface area contributed by atoms with E-state index in [1.54, 1.807) is 0 Å². The molecule has 0 amide bonds. The molecule has 0 aromatic heterocycles. The number of hydrogen-bond acceptors (Lipinski definition) is 2. The highest BCUT2D eigenvalue weighted by molar-refractivity contribution is 5.34. The topological polar surface area (TPSA) is 29.5 Å². The Labute approximate surface area is 116 Å². The van der Waals surface area contributed by atoms with Crippen molar-refractivity contribution in [1.29, 1.82) is 0 Å². The summed E-state index contributed by atoms with van der Waals surface area (Å²) < 4.78 is 5.39. The molecule has 19 heavy (non-hydrogen) atoms. The Morgan fingerprint density at radius 3 is 2.58 bits per heavy atom. The van der Waals surface area contributed by atoms with Gasteiger partial charge in [-0.05, 0) is 63.5 Å². The zero-order chi connectivity index (χ0) is 13.9. The van der Waals surface area contributed by atoms with E-state index in [-0.39, 0.29) is 0 Å². The second-order valence-corrected chi connectivity index (χ2v) is 6.19. The molecule has 106 valence electrons. The lowest BCUT2D eigenvalue weighted by atomic mass is 9.83. The van der Waals surface area contributed by atoms with Crippen molar-refractivity contribution in [1.82, 2.24) is 0 Å². The largest absolute Gasteiger partial charge is 0.385 e. The van der Waals surface area contributed by atoms with Crippen molar-refractivity contribution in [2.75, 3.05) is 13.2 Å². The van der Waals surface area contributed by atoms with Gasteiger partial charge in [-0.2, -0.15) is 0 Å². The number of benzene rings is 1. The molecule has 1 aromatic rings. The van der Waals surface area contributed by atoms with Crippen LogP contribution in [0.4, 0.5) is 0 Å². The van der Waals surface area contributed by atoms with Gasteiger partial charge in [0.2, 0.25) is 0 Å². The monoisotopic (exact) mass is 262 g/mol. The fourth-order valence-electron chi connectivity index (χ4n) is 3.07. The molecular weight excluding hydrogens is 236 g/mol. The summed E-state index contributed by atoms with van der Waals surface area (Å²) in [6.45, 7) is 7.90. The van der Waals surface area contributed by atoms with Gasteiger partial charge < -0.3 is 9.84 Å². The fraction of sp³-hybridized carbons (Fsp3) is 0.647. The van der Waals surface area contributed by atoms with Crippen molar-refractivity contribution in [2.45, 2.75) is 52.1 Å². The summed E-state index contributed by atoms with van der Waals surface area (Å²) in [6.07, 6.45) is 4.21. The van der Waals surface area contributed by atoms with Crippen molar-refractivity contribution >= 4 is 0 Å². The summed E-state index contributed by atoms with van der Waals surface area (Å²) in [5.74, 6) is 0.714. The van der Waals surface area contributed by atoms with E-state index in [0.717, 1.165) is 44.5 Å². The van der Waals surface area contributed by atoms with Crippen LogP contribution in [0.1, 0.15) is 49.3 Å². The Balaban J connectivity index is 2.00. The number of hydrogen-bond donors (Lipinski definition) is 1. The van der Waals surface area contributed by atoms with Crippen molar-refractivity contribution in [2.24, 2.45) is 5.92 Å². The summed E-state index contributed by atoms with van der Waals surface area (Å²) in [5, 5.41) is 10.8. The molecule has 1 saturated heterocycles. The molecule has 1 aromatic carbocycles. The highest BCUT2D eigenvalue weighted by atomic mass is 16.5. The maximum absolute atomic E-state index is 10.8. The lowest BCUT2D eigenvalue weighted by Crippen LogP contribution is -2.25. The molecule has 2 heteroatoms. The molecule has 2 nitrogen and oxygen atoms in total. The van der Waals surface area contributed by atoms with Gasteiger partial charge in [0.25, 0.3) is 0 Å². The standard InChI is InChI=1S/C17H26O2/c1-13-4-5-16(14(2)12-13)17(3,18)9-6-15-7-10-19-11-8-15/h4-5,12,15,18H,6-11H2,1-3H3. The van der Waals surface area contributed by atoms with Crippen molar-refractivity contribution in [3.8, 4) is 0 Å². The Morgan fingerprint density at radius 1 is 1.26 bits per heavy atom. The highest BCUT2D eigenvalue weighted by Gasteiger charge is 2.26. The molecule has 2 rings (SSSR count). The molecule has 1 heterocycles. The minimum absolute atomic E-state index is 0.712. The van der Waals surface area contributed by atoms with E-state index in [2.05, 4.69) is 32.0 Å². The zero-order valence-corrected chi connectivity index (χ0v) is 12.4. The summed E-state index contributed by atoms with van der Waals surface area (Å²) in [6, 6.07) is 6.32. The number of ether oxygens (including phenoxy) is 1. The van der Waals surface area contributed by atoms with E-state index in [0.29, 0.717) is 5.92 Å². The molecule has 0 spiro atoms. The second kappa shape index (κ2) is 6.06. The first-order chi connectivity index (χ1) is 8.99. The minimum atomic E-state index is -0.712. The summed E-state index contributed by atoms with van der Waals surface area (Å²) >= 11 is 0. The molecule has 1 N–H and O–H groups in total. The normalized spacial score (nSPS) is 20.2. The van der Waals surface area contributed by atoms with Crippen LogP contribution in [0, 0.1) is 19.8 Å². The Bertz CT molecular complexity index is 417. The lowest BCUT2D eigenvalue weighted by Gasteiger charge is -2.29. The van der Waals surface area contributed by atoms with Crippen LogP contribution in [-0.2, 0) is 10.3 Å². The number of rotatable bonds is 4. The zero-order valence-electron chi connectivity index (χ0n) is 12.4. The van der Waals surface area contributed by atoms with E-state index < -0.39 is 5.60 Å². The van der Waals surface area contributed by atoms with Crippen LogP contribution in [0.15, 0.2) is 18.2 Å². The Morgan fingerprint density at radius 2 is 1.95 bits per heavy atom. The predicted molar refractivity (Wildman–Crippen MR) is 78.3 cm³/mol. The van der Waals surface area contributed by atoms with Gasteiger partial charge in [0.05, 0.1) is 5.60 Å². The highest BCUT2D eigenvalue weighted by Crippen LogP contribution is 2.32. The van der Waals surface area contributed by atoms with Gasteiger partial charge in [-0.15, -0.1) is 0 Å². The number of aliphatic hydroxyl groups is 1. The van der Waals surface area contributed by atoms with Gasteiger partial charge >= 0.3 is 0 Å². The molecule has 0 bridgehead atoms. The molecule has 1 aliphatic rings. The van der Waals surface area contributed by atoms with Crippen LogP contribution in [0.5, 0.6) is 0 Å². The van der Waals surface area contributed by atoms with Crippen LogP contribution in [0.25, 0.3) is 0 Å². The van der Waals surface area contributed by atoms with Crippen LogP contribution in [0.2, 0.25) is 0 Å². The van der Waals surface area contributed by atoms with Crippen LogP contribution >= 0.6 is 0 Å². The molecule has 1 aliphatic heterocycles. The second-order valence-electron chi connectivity index (χ2n) is 6.19. The summed E-state index contributed by atoms with van der Waals surface area (Å²) in [7, 11) is 0. The van der Waals surface area contributed by atoms with Gasteiger partial charge in [-0.1, -0.05) is 23.8 Å². The van der Waals surface area contributed by atoms with Gasteiger partial charge in [0.15, 0.2) is 0 Å². The van der Waals surface area contributed by atoms with Crippen molar-refractivity contribution in [3.63, 3.8) is 0 Å². The maximum atomic E-state index is 10.8. The third kappa shape index (κ3) is 3.80. The summed E-state index contributed by atoms with van der Waals surface area (Å²) in [5.41, 5.74) is 2.81. The molecule has 1 fully saturated rings. The number of aryl methyl sites for hydroxylation is 2. The smallest absolute Gasteiger partial charge is 0.0871 e. The van der Waals surface area contributed by atoms with E-state index in [9.17, 15) is 5.11 Å².